The van der Waals surface area contributed by atoms with Crippen molar-refractivity contribution in [1.82, 2.24) is 44.6 Å². The van der Waals surface area contributed by atoms with Crippen LogP contribution in [0.2, 0.25) is 0 Å². The minimum Gasteiger partial charge on any atom is -0.486 e. The van der Waals surface area contributed by atoms with Gasteiger partial charge in [-0.05, 0) is 44.0 Å². The van der Waals surface area contributed by atoms with Gasteiger partial charge in [0, 0.05) is 73.2 Å². The quantitative estimate of drug-likeness (QED) is 0.209. The molecule has 1 aliphatic heterocycles. The number of H-pyrrole nitrogens is 1. The molecule has 6 aromatic rings. The van der Waals surface area contributed by atoms with Crippen molar-refractivity contribution in [2.75, 3.05) is 30.3 Å². The van der Waals surface area contributed by atoms with Crippen LogP contribution in [0.4, 0.5) is 17.5 Å². The fourth-order valence-corrected chi connectivity index (χ4v) is 5.61. The zero-order valence-electron chi connectivity index (χ0n) is 25.7. The second-order valence-corrected chi connectivity index (χ2v) is 11.4. The number of aryl methyl sites for hydroxylation is 3. The van der Waals surface area contributed by atoms with Crippen LogP contribution in [0, 0.1) is 13.8 Å². The largest absolute Gasteiger partial charge is 0.486 e. The van der Waals surface area contributed by atoms with Gasteiger partial charge in [0.1, 0.15) is 6.10 Å². The first-order valence-electron chi connectivity index (χ1n) is 15.0. The summed E-state index contributed by atoms with van der Waals surface area (Å²) in [7, 11) is 1.89. The maximum Gasteiger partial charge on any atom is 0.238 e. The standard InChI is InChI=1S/C33H33N11O2/c1-20-13-38-33(40-28-12-21(2)43(3)42-28)41-30(20)26-17-35-31-25(26)7-4-8-27(31)39-29(45)19-44-11-9-23(18-44)46-24-15-36-32(37-16-24)22-6-5-10-34-14-22/h4-8,10,12-17,23,35H,9,11,18-19H2,1-3H3,(H,39,45)(H,38,40,41,42)/t23-/m0/s1. The lowest BCUT2D eigenvalue weighted by Crippen LogP contribution is -2.33. The molecule has 0 saturated carbocycles. The summed E-state index contributed by atoms with van der Waals surface area (Å²) in [6.45, 7) is 5.61. The van der Waals surface area contributed by atoms with Crippen molar-refractivity contribution in [3.63, 3.8) is 0 Å². The molecule has 1 aliphatic rings. The number of aromatic nitrogens is 8. The first-order valence-corrected chi connectivity index (χ1v) is 15.0. The number of likely N-dealkylation sites (tertiary alicyclic amines) is 1. The van der Waals surface area contributed by atoms with E-state index in [0.717, 1.165) is 51.9 Å². The fourth-order valence-electron chi connectivity index (χ4n) is 5.61. The number of carbonyl (C=O) groups is 1. The van der Waals surface area contributed by atoms with Crippen molar-refractivity contribution in [2.24, 2.45) is 7.05 Å². The molecule has 1 aromatic carbocycles. The molecule has 1 amide bonds. The van der Waals surface area contributed by atoms with Gasteiger partial charge in [0.25, 0.3) is 0 Å². The normalized spacial score (nSPS) is 14.9. The van der Waals surface area contributed by atoms with E-state index >= 15 is 0 Å². The first-order chi connectivity index (χ1) is 22.4. The maximum atomic E-state index is 13.2. The minimum absolute atomic E-state index is 0.0489. The highest BCUT2D eigenvalue weighted by molar-refractivity contribution is 6.06. The Balaban J connectivity index is 0.989. The maximum absolute atomic E-state index is 13.2. The zero-order chi connectivity index (χ0) is 31.6. The van der Waals surface area contributed by atoms with E-state index in [4.69, 9.17) is 9.72 Å². The topological polar surface area (TPSA) is 152 Å². The predicted molar refractivity (Wildman–Crippen MR) is 175 cm³/mol. The van der Waals surface area contributed by atoms with Crippen LogP contribution in [0.25, 0.3) is 33.5 Å². The number of carbonyl (C=O) groups excluding carboxylic acids is 1. The number of benzene rings is 1. The van der Waals surface area contributed by atoms with Crippen LogP contribution >= 0.6 is 0 Å². The van der Waals surface area contributed by atoms with Crippen molar-refractivity contribution < 1.29 is 9.53 Å². The number of anilines is 3. The van der Waals surface area contributed by atoms with E-state index in [9.17, 15) is 4.79 Å². The molecular formula is C33H33N11O2. The molecular weight excluding hydrogens is 582 g/mol. The molecule has 0 radical (unpaired) electrons. The zero-order valence-corrected chi connectivity index (χ0v) is 25.7. The highest BCUT2D eigenvalue weighted by Gasteiger charge is 2.26. The van der Waals surface area contributed by atoms with Gasteiger partial charge in [-0.2, -0.15) is 5.10 Å². The van der Waals surface area contributed by atoms with E-state index in [2.05, 4.69) is 45.6 Å². The van der Waals surface area contributed by atoms with E-state index in [1.54, 1.807) is 35.7 Å². The highest BCUT2D eigenvalue weighted by Crippen LogP contribution is 2.33. The summed E-state index contributed by atoms with van der Waals surface area (Å²) < 4.78 is 7.91. The van der Waals surface area contributed by atoms with Crippen molar-refractivity contribution in [3.05, 3.63) is 84.8 Å². The number of aromatic amines is 1. The Hall–Kier alpha value is -5.69. The third-order valence-corrected chi connectivity index (χ3v) is 8.02. The van der Waals surface area contributed by atoms with E-state index in [0.29, 0.717) is 35.6 Å². The molecule has 0 aliphatic carbocycles. The minimum atomic E-state index is -0.0937. The Bertz CT molecular complexity index is 1980. The number of rotatable bonds is 9. The summed E-state index contributed by atoms with van der Waals surface area (Å²) in [6.07, 6.45) is 11.3. The average Bonchev–Trinajstić information content (AvgIpc) is 3.77. The lowest BCUT2D eigenvalue weighted by Gasteiger charge is -2.17. The smallest absolute Gasteiger partial charge is 0.238 e. The molecule has 7 rings (SSSR count). The van der Waals surface area contributed by atoms with Crippen LogP contribution in [-0.2, 0) is 11.8 Å². The van der Waals surface area contributed by atoms with Crippen LogP contribution in [0.15, 0.2) is 73.6 Å². The molecule has 0 spiro atoms. The van der Waals surface area contributed by atoms with E-state index in [-0.39, 0.29) is 18.6 Å². The summed E-state index contributed by atoms with van der Waals surface area (Å²) in [4.78, 5) is 40.8. The number of hydrogen-bond acceptors (Lipinski definition) is 10. The van der Waals surface area contributed by atoms with Gasteiger partial charge in [-0.1, -0.05) is 12.1 Å². The van der Waals surface area contributed by atoms with Gasteiger partial charge in [-0.3, -0.25) is 19.4 Å². The van der Waals surface area contributed by atoms with E-state index < -0.39 is 0 Å². The summed E-state index contributed by atoms with van der Waals surface area (Å²) in [5.74, 6) is 2.24. The Morgan fingerprint density at radius 3 is 2.74 bits per heavy atom. The van der Waals surface area contributed by atoms with E-state index in [1.807, 2.05) is 63.5 Å². The number of nitrogens with zero attached hydrogens (tertiary/aromatic N) is 8. The summed E-state index contributed by atoms with van der Waals surface area (Å²) >= 11 is 0. The number of pyridine rings is 1. The molecule has 13 heteroatoms. The molecule has 1 atom stereocenters. The highest BCUT2D eigenvalue weighted by atomic mass is 16.5. The number of nitrogens with one attached hydrogen (secondary N) is 3. The molecule has 0 unspecified atom stereocenters. The molecule has 5 aromatic heterocycles. The molecule has 3 N–H and O–H groups in total. The van der Waals surface area contributed by atoms with Crippen LogP contribution in [0.1, 0.15) is 17.7 Å². The SMILES string of the molecule is Cc1cnc(Nc2cc(C)n(C)n2)nc1-c1c[nH]c2c(NC(=O)CN3CC[C@H](Oc4cnc(-c5cccnc5)nc4)C3)cccc12. The average molecular weight is 616 g/mol. The Kier molecular flexibility index (Phi) is 7.81. The number of para-hydroxylation sites is 1. The monoisotopic (exact) mass is 615 g/mol. The van der Waals surface area contributed by atoms with Gasteiger partial charge in [0.2, 0.25) is 11.9 Å². The second kappa shape index (κ2) is 12.4. The van der Waals surface area contributed by atoms with Crippen molar-refractivity contribution in [2.45, 2.75) is 26.4 Å². The Labute approximate surface area is 265 Å². The summed E-state index contributed by atoms with van der Waals surface area (Å²) in [6, 6.07) is 11.6. The summed E-state index contributed by atoms with van der Waals surface area (Å²) in [5.41, 5.74) is 6.05. The molecule has 1 fully saturated rings. The van der Waals surface area contributed by atoms with Gasteiger partial charge in [-0.25, -0.2) is 19.9 Å². The van der Waals surface area contributed by atoms with Gasteiger partial charge in [0.05, 0.1) is 35.8 Å². The Morgan fingerprint density at radius 1 is 1.09 bits per heavy atom. The Morgan fingerprint density at radius 2 is 1.96 bits per heavy atom. The molecule has 13 nitrogen and oxygen atoms in total. The van der Waals surface area contributed by atoms with Gasteiger partial charge < -0.3 is 20.4 Å². The molecule has 6 heterocycles. The molecule has 0 bridgehead atoms. The fraction of sp³-hybridized carbons (Fsp3) is 0.242. The number of fused-ring (bicyclic) bond motifs is 1. The van der Waals surface area contributed by atoms with Gasteiger partial charge in [-0.15, -0.1) is 0 Å². The van der Waals surface area contributed by atoms with Crippen LogP contribution < -0.4 is 15.4 Å². The van der Waals surface area contributed by atoms with Gasteiger partial charge >= 0.3 is 0 Å². The number of amides is 1. The van der Waals surface area contributed by atoms with Crippen molar-refractivity contribution in [3.8, 4) is 28.4 Å². The van der Waals surface area contributed by atoms with Crippen molar-refractivity contribution in [1.29, 1.82) is 0 Å². The van der Waals surface area contributed by atoms with Crippen LogP contribution in [0.5, 0.6) is 5.75 Å². The lowest BCUT2D eigenvalue weighted by molar-refractivity contribution is -0.117. The van der Waals surface area contributed by atoms with Gasteiger partial charge in [0.15, 0.2) is 17.4 Å². The van der Waals surface area contributed by atoms with E-state index in [1.165, 1.54) is 0 Å². The molecule has 46 heavy (non-hydrogen) atoms. The number of ether oxygens (including phenoxy) is 1. The molecule has 1 saturated heterocycles. The number of hydrogen-bond donors (Lipinski definition) is 3. The predicted octanol–water partition coefficient (Wildman–Crippen LogP) is 4.66. The third kappa shape index (κ3) is 6.13. The van der Waals surface area contributed by atoms with Crippen LogP contribution in [0.3, 0.4) is 0 Å². The van der Waals surface area contributed by atoms with Crippen molar-refractivity contribution >= 4 is 34.3 Å². The lowest BCUT2D eigenvalue weighted by atomic mass is 10.1. The third-order valence-electron chi connectivity index (χ3n) is 8.02. The second-order valence-electron chi connectivity index (χ2n) is 11.4. The first kappa shape index (κ1) is 29.0. The van der Waals surface area contributed by atoms with Crippen LogP contribution in [-0.4, -0.2) is 76.2 Å². The molecule has 232 valence electrons. The summed E-state index contributed by atoms with van der Waals surface area (Å²) in [5, 5.41) is 11.7.